The molecule has 1 saturated heterocycles. The topological polar surface area (TPSA) is 101 Å². The van der Waals surface area contributed by atoms with E-state index in [1.807, 2.05) is 0 Å². The number of nitrogens with zero attached hydrogens (tertiary/aromatic N) is 1. The average Bonchev–Trinajstić information content (AvgIpc) is 2.05. The van der Waals surface area contributed by atoms with Gasteiger partial charge in [0.15, 0.2) is 0 Å². The second-order valence-electron chi connectivity index (χ2n) is 2.86. The quantitative estimate of drug-likeness (QED) is 0.513. The molecule has 0 aromatic rings. The van der Waals surface area contributed by atoms with Crippen LogP contribution in [0.25, 0.3) is 0 Å². The summed E-state index contributed by atoms with van der Waals surface area (Å²) in [7, 11) is 0. The number of carboxylic acids is 1. The van der Waals surface area contributed by atoms with Crippen molar-refractivity contribution in [3.8, 4) is 0 Å². The van der Waals surface area contributed by atoms with Gasteiger partial charge in [0.2, 0.25) is 11.8 Å². The Morgan fingerprint density at radius 1 is 1.62 bits per heavy atom. The molecule has 1 aliphatic heterocycles. The Balaban J connectivity index is 2.72. The van der Waals surface area contributed by atoms with Crippen molar-refractivity contribution in [3.63, 3.8) is 0 Å². The molecular weight excluding hydrogens is 176 g/mol. The molecule has 1 atom stereocenters. The second-order valence-corrected chi connectivity index (χ2v) is 2.86. The lowest BCUT2D eigenvalue weighted by atomic mass is 10.1. The van der Waals surface area contributed by atoms with Crippen molar-refractivity contribution in [1.82, 2.24) is 4.90 Å². The van der Waals surface area contributed by atoms with Gasteiger partial charge in [0, 0.05) is 6.42 Å². The fraction of sp³-hybridized carbons (Fsp3) is 0.571. The maximum Gasteiger partial charge on any atom is 0.323 e. The molecule has 72 valence electrons. The molecule has 6 heteroatoms. The zero-order chi connectivity index (χ0) is 10.0. The van der Waals surface area contributed by atoms with Crippen molar-refractivity contribution in [1.29, 1.82) is 0 Å². The normalized spacial score (nSPS) is 23.5. The summed E-state index contributed by atoms with van der Waals surface area (Å²) in [6.07, 6.45) is 0.438. The number of carbonyl (C=O) groups excluding carboxylic acids is 2. The minimum absolute atomic E-state index is 0.139. The molecule has 0 radical (unpaired) electrons. The van der Waals surface area contributed by atoms with Gasteiger partial charge in [0.1, 0.15) is 6.54 Å². The molecule has 0 saturated carbocycles. The first kappa shape index (κ1) is 9.66. The molecule has 2 amide bonds. The Morgan fingerprint density at radius 3 is 2.77 bits per heavy atom. The third-order valence-electron chi connectivity index (χ3n) is 1.85. The van der Waals surface area contributed by atoms with Crippen molar-refractivity contribution >= 4 is 17.8 Å². The van der Waals surface area contributed by atoms with Crippen LogP contribution in [0.1, 0.15) is 12.8 Å². The van der Waals surface area contributed by atoms with Gasteiger partial charge in [-0.2, -0.15) is 0 Å². The third-order valence-corrected chi connectivity index (χ3v) is 1.85. The van der Waals surface area contributed by atoms with Crippen LogP contribution < -0.4 is 5.73 Å². The molecule has 13 heavy (non-hydrogen) atoms. The summed E-state index contributed by atoms with van der Waals surface area (Å²) in [6.45, 7) is -0.592. The highest BCUT2D eigenvalue weighted by molar-refractivity contribution is 6.02. The van der Waals surface area contributed by atoms with Crippen LogP contribution in [0.2, 0.25) is 0 Å². The van der Waals surface area contributed by atoms with Crippen LogP contribution in [0.15, 0.2) is 0 Å². The second kappa shape index (κ2) is 3.53. The average molecular weight is 186 g/mol. The largest absolute Gasteiger partial charge is 0.480 e. The Labute approximate surface area is 74.3 Å². The first-order valence-electron chi connectivity index (χ1n) is 3.84. The number of nitrogens with two attached hydrogens (primary N) is 1. The van der Waals surface area contributed by atoms with Crippen LogP contribution in [0.3, 0.4) is 0 Å². The van der Waals surface area contributed by atoms with E-state index in [1.54, 1.807) is 0 Å². The summed E-state index contributed by atoms with van der Waals surface area (Å²) in [6, 6.07) is -0.739. The molecule has 6 nitrogen and oxygen atoms in total. The van der Waals surface area contributed by atoms with E-state index in [2.05, 4.69) is 0 Å². The Kier molecular flexibility index (Phi) is 2.62. The highest BCUT2D eigenvalue weighted by Gasteiger charge is 2.32. The lowest BCUT2D eigenvalue weighted by molar-refractivity contribution is -0.155. The summed E-state index contributed by atoms with van der Waals surface area (Å²) >= 11 is 0. The predicted molar refractivity (Wildman–Crippen MR) is 41.6 cm³/mol. The number of amides is 2. The summed E-state index contributed by atoms with van der Waals surface area (Å²) in [5.41, 5.74) is 5.37. The van der Waals surface area contributed by atoms with Gasteiger partial charge in [-0.15, -0.1) is 0 Å². The first-order chi connectivity index (χ1) is 6.02. The van der Waals surface area contributed by atoms with Gasteiger partial charge in [0.25, 0.3) is 0 Å². The van der Waals surface area contributed by atoms with Crippen LogP contribution in [0.5, 0.6) is 0 Å². The molecule has 0 aromatic carbocycles. The standard InChI is InChI=1S/C7H10N2O4/c8-4-1-2-5(10)9(7(4)13)3-6(11)12/h4H,1-3,8H2,(H,11,12). The van der Waals surface area contributed by atoms with E-state index >= 15 is 0 Å². The van der Waals surface area contributed by atoms with E-state index in [9.17, 15) is 14.4 Å². The maximum absolute atomic E-state index is 11.2. The van der Waals surface area contributed by atoms with Crippen LogP contribution >= 0.6 is 0 Å². The maximum atomic E-state index is 11.2. The number of likely N-dealkylation sites (tertiary alicyclic amines) is 1. The van der Waals surface area contributed by atoms with Crippen LogP contribution in [-0.2, 0) is 14.4 Å². The molecule has 0 aromatic heterocycles. The number of imide groups is 1. The van der Waals surface area contributed by atoms with Crippen LogP contribution in [0.4, 0.5) is 0 Å². The van der Waals surface area contributed by atoms with E-state index < -0.39 is 30.4 Å². The van der Waals surface area contributed by atoms with E-state index in [1.165, 1.54) is 0 Å². The molecule has 0 spiro atoms. The molecule has 1 rings (SSSR count). The molecule has 1 unspecified atom stereocenters. The number of hydrogen-bond donors (Lipinski definition) is 2. The third kappa shape index (κ3) is 2.03. The van der Waals surface area contributed by atoms with Crippen LogP contribution in [-0.4, -0.2) is 40.4 Å². The van der Waals surface area contributed by atoms with E-state index in [0.29, 0.717) is 11.3 Å². The fourth-order valence-electron chi connectivity index (χ4n) is 1.16. The van der Waals surface area contributed by atoms with Crippen molar-refractivity contribution in [2.45, 2.75) is 18.9 Å². The molecule has 0 bridgehead atoms. The van der Waals surface area contributed by atoms with Gasteiger partial charge in [-0.05, 0) is 6.42 Å². The summed E-state index contributed by atoms with van der Waals surface area (Å²) in [5, 5.41) is 8.40. The SMILES string of the molecule is NC1CCC(=O)N(CC(=O)O)C1=O. The van der Waals surface area contributed by atoms with Gasteiger partial charge in [-0.25, -0.2) is 0 Å². The zero-order valence-corrected chi connectivity index (χ0v) is 6.90. The molecule has 3 N–H and O–H groups in total. The van der Waals surface area contributed by atoms with E-state index in [0.717, 1.165) is 0 Å². The molecule has 1 heterocycles. The Hall–Kier alpha value is -1.43. The van der Waals surface area contributed by atoms with E-state index in [4.69, 9.17) is 10.8 Å². The smallest absolute Gasteiger partial charge is 0.323 e. The monoisotopic (exact) mass is 186 g/mol. The molecule has 0 aliphatic carbocycles. The van der Waals surface area contributed by atoms with Gasteiger partial charge in [-0.1, -0.05) is 0 Å². The molecule has 1 fully saturated rings. The summed E-state index contributed by atoms with van der Waals surface area (Å²) in [4.78, 5) is 33.2. The fourth-order valence-corrected chi connectivity index (χ4v) is 1.16. The summed E-state index contributed by atoms with van der Waals surface area (Å²) in [5.74, 6) is -2.27. The lowest BCUT2D eigenvalue weighted by Crippen LogP contribution is -2.52. The van der Waals surface area contributed by atoms with Gasteiger partial charge >= 0.3 is 5.97 Å². The van der Waals surface area contributed by atoms with Crippen molar-refractivity contribution < 1.29 is 19.5 Å². The number of rotatable bonds is 2. The number of carbonyl (C=O) groups is 3. The zero-order valence-electron chi connectivity index (χ0n) is 6.90. The summed E-state index contributed by atoms with van der Waals surface area (Å²) < 4.78 is 0. The highest BCUT2D eigenvalue weighted by Crippen LogP contribution is 2.10. The first-order valence-corrected chi connectivity index (χ1v) is 3.84. The Bertz CT molecular complexity index is 263. The van der Waals surface area contributed by atoms with Gasteiger partial charge in [-0.3, -0.25) is 19.3 Å². The van der Waals surface area contributed by atoms with Crippen molar-refractivity contribution in [2.75, 3.05) is 6.54 Å². The molecular formula is C7H10N2O4. The number of carboxylic acid groups (broad SMARTS) is 1. The Morgan fingerprint density at radius 2 is 2.23 bits per heavy atom. The highest BCUT2D eigenvalue weighted by atomic mass is 16.4. The minimum Gasteiger partial charge on any atom is -0.480 e. The van der Waals surface area contributed by atoms with Gasteiger partial charge in [0.05, 0.1) is 6.04 Å². The van der Waals surface area contributed by atoms with Crippen LogP contribution in [0, 0.1) is 0 Å². The number of aliphatic carboxylic acids is 1. The van der Waals surface area contributed by atoms with Crippen molar-refractivity contribution in [2.24, 2.45) is 5.73 Å². The lowest BCUT2D eigenvalue weighted by Gasteiger charge is -2.26. The molecule has 1 aliphatic rings. The van der Waals surface area contributed by atoms with E-state index in [-0.39, 0.29) is 6.42 Å². The predicted octanol–water partition coefficient (Wildman–Crippen LogP) is -1.45. The number of piperidine rings is 1. The number of hydrogen-bond acceptors (Lipinski definition) is 4. The minimum atomic E-state index is -1.21. The van der Waals surface area contributed by atoms with Crippen molar-refractivity contribution in [3.05, 3.63) is 0 Å². The van der Waals surface area contributed by atoms with Gasteiger partial charge < -0.3 is 10.8 Å².